The Balaban J connectivity index is 2.24. The van der Waals surface area contributed by atoms with Crippen molar-refractivity contribution in [2.75, 3.05) is 26.2 Å². The number of nitrogens with zero attached hydrogens (tertiary/aromatic N) is 1. The van der Waals surface area contributed by atoms with E-state index in [2.05, 4.69) is 20.8 Å². The number of methoxy groups -OCH3 is 3. The van der Waals surface area contributed by atoms with E-state index in [-0.39, 0.29) is 23.7 Å². The van der Waals surface area contributed by atoms with Crippen molar-refractivity contribution >= 4 is 29.6 Å². The molecule has 7 nitrogen and oxygen atoms in total. The van der Waals surface area contributed by atoms with E-state index < -0.39 is 17.5 Å². The van der Waals surface area contributed by atoms with E-state index in [9.17, 15) is 14.4 Å². The lowest BCUT2D eigenvalue weighted by molar-refractivity contribution is -0.147. The topological polar surface area (TPSA) is 82.1 Å². The van der Waals surface area contributed by atoms with E-state index in [1.54, 1.807) is 30.2 Å². The van der Waals surface area contributed by atoms with E-state index in [1.165, 1.54) is 20.3 Å². The molecule has 1 amide bonds. The van der Waals surface area contributed by atoms with Crippen molar-refractivity contribution in [2.45, 2.75) is 58.4 Å². The zero-order valence-electron chi connectivity index (χ0n) is 23.0. The molecule has 1 unspecified atom stereocenters. The van der Waals surface area contributed by atoms with Gasteiger partial charge in [-0.3, -0.25) is 9.69 Å². The number of esters is 2. The molecule has 2 aromatic rings. The van der Waals surface area contributed by atoms with Crippen LogP contribution in [0.1, 0.15) is 68.1 Å². The first kappa shape index (κ1) is 28.0. The summed E-state index contributed by atoms with van der Waals surface area (Å²) in [7, 11) is 4.24. The van der Waals surface area contributed by atoms with Crippen molar-refractivity contribution in [3.63, 3.8) is 0 Å². The van der Waals surface area contributed by atoms with Gasteiger partial charge in [0.15, 0.2) is 0 Å². The highest BCUT2D eigenvalue weighted by atomic mass is 16.5. The smallest absolute Gasteiger partial charge is 0.332 e. The van der Waals surface area contributed by atoms with Crippen molar-refractivity contribution in [3.05, 3.63) is 64.7 Å². The van der Waals surface area contributed by atoms with Gasteiger partial charge in [0.25, 0.3) is 5.91 Å². The van der Waals surface area contributed by atoms with Crippen LogP contribution in [0.2, 0.25) is 0 Å². The lowest BCUT2D eigenvalue weighted by atomic mass is 9.83. The average molecular weight is 508 g/mol. The maximum Gasteiger partial charge on any atom is 0.332 e. The third-order valence-corrected chi connectivity index (χ3v) is 6.70. The summed E-state index contributed by atoms with van der Waals surface area (Å²) >= 11 is 0. The molecule has 1 heterocycles. The number of anilines is 1. The maximum atomic E-state index is 14.3. The van der Waals surface area contributed by atoms with Crippen molar-refractivity contribution in [1.29, 1.82) is 0 Å². The third kappa shape index (κ3) is 5.41. The highest BCUT2D eigenvalue weighted by molar-refractivity contribution is 6.13. The fraction of sp³-hybridized carbons (Fsp3) is 0.433. The molecular weight excluding hydrogens is 470 g/mol. The SMILES string of the molecule is COC(=O)C=Cc1cccc2c1CC(CC(C)C)(C(=O)OC)N2C(=O)c1ccc(C(C)(C)C)c(OC)c1. The molecular formula is C30H37NO6. The van der Waals surface area contributed by atoms with E-state index in [4.69, 9.17) is 14.2 Å². The maximum absolute atomic E-state index is 14.3. The van der Waals surface area contributed by atoms with Gasteiger partial charge in [-0.05, 0) is 58.7 Å². The normalized spacial score (nSPS) is 17.2. The first-order valence-electron chi connectivity index (χ1n) is 12.4. The molecule has 0 radical (unpaired) electrons. The number of amides is 1. The predicted molar refractivity (Wildman–Crippen MR) is 144 cm³/mol. The molecule has 1 aliphatic heterocycles. The van der Waals surface area contributed by atoms with Gasteiger partial charge >= 0.3 is 11.9 Å². The highest BCUT2D eigenvalue weighted by Crippen LogP contribution is 2.46. The lowest BCUT2D eigenvalue weighted by Crippen LogP contribution is -2.57. The Hall–Kier alpha value is -3.61. The molecule has 37 heavy (non-hydrogen) atoms. The minimum Gasteiger partial charge on any atom is -0.496 e. The molecule has 0 bridgehead atoms. The number of hydrogen-bond donors (Lipinski definition) is 0. The number of benzene rings is 2. The summed E-state index contributed by atoms with van der Waals surface area (Å²) in [6, 6.07) is 10.9. The van der Waals surface area contributed by atoms with Gasteiger partial charge in [0.1, 0.15) is 11.3 Å². The Morgan fingerprint density at radius 1 is 1.05 bits per heavy atom. The second-order valence-corrected chi connectivity index (χ2v) is 10.8. The van der Waals surface area contributed by atoms with Crippen LogP contribution in [0.4, 0.5) is 5.69 Å². The molecule has 0 saturated carbocycles. The largest absolute Gasteiger partial charge is 0.496 e. The summed E-state index contributed by atoms with van der Waals surface area (Å²) < 4.78 is 15.7. The number of ether oxygens (including phenoxy) is 3. The van der Waals surface area contributed by atoms with E-state index in [0.29, 0.717) is 23.4 Å². The lowest BCUT2D eigenvalue weighted by Gasteiger charge is -2.37. The Bertz CT molecular complexity index is 1220. The van der Waals surface area contributed by atoms with Crippen LogP contribution in [0.5, 0.6) is 5.75 Å². The molecule has 2 aromatic carbocycles. The summed E-state index contributed by atoms with van der Waals surface area (Å²) in [5.74, 6) is -0.587. The zero-order valence-corrected chi connectivity index (χ0v) is 23.0. The van der Waals surface area contributed by atoms with Crippen molar-refractivity contribution in [2.24, 2.45) is 5.92 Å². The van der Waals surface area contributed by atoms with Crippen LogP contribution in [0.25, 0.3) is 6.08 Å². The summed E-state index contributed by atoms with van der Waals surface area (Å²) in [6.07, 6.45) is 3.64. The van der Waals surface area contributed by atoms with Gasteiger partial charge in [-0.15, -0.1) is 0 Å². The van der Waals surface area contributed by atoms with E-state index >= 15 is 0 Å². The molecule has 1 aliphatic rings. The molecule has 0 aromatic heterocycles. The number of rotatable bonds is 7. The van der Waals surface area contributed by atoms with Crippen molar-refractivity contribution < 1.29 is 28.6 Å². The summed E-state index contributed by atoms with van der Waals surface area (Å²) in [5.41, 5.74) is 2.10. The van der Waals surface area contributed by atoms with Gasteiger partial charge in [-0.1, -0.05) is 52.8 Å². The minimum atomic E-state index is -1.24. The molecule has 0 aliphatic carbocycles. The predicted octanol–water partition coefficient (Wildman–Crippen LogP) is 5.34. The van der Waals surface area contributed by atoms with E-state index in [0.717, 1.165) is 16.7 Å². The molecule has 3 rings (SSSR count). The number of fused-ring (bicyclic) bond motifs is 1. The zero-order chi connectivity index (χ0) is 27.5. The first-order chi connectivity index (χ1) is 17.4. The quantitative estimate of drug-likeness (QED) is 0.372. The van der Waals surface area contributed by atoms with Crippen LogP contribution in [-0.2, 0) is 30.9 Å². The monoisotopic (exact) mass is 507 g/mol. The Morgan fingerprint density at radius 3 is 2.32 bits per heavy atom. The molecule has 0 N–H and O–H groups in total. The Kier molecular flexibility index (Phi) is 8.16. The average Bonchev–Trinajstić information content (AvgIpc) is 3.19. The molecule has 0 fully saturated rings. The molecule has 1 atom stereocenters. The van der Waals surface area contributed by atoms with Gasteiger partial charge in [-0.25, -0.2) is 9.59 Å². The van der Waals surface area contributed by atoms with Gasteiger partial charge in [-0.2, -0.15) is 0 Å². The first-order valence-corrected chi connectivity index (χ1v) is 12.4. The second kappa shape index (κ2) is 10.8. The van der Waals surface area contributed by atoms with Gasteiger partial charge in [0.05, 0.1) is 21.3 Å². The summed E-state index contributed by atoms with van der Waals surface area (Å²) in [4.78, 5) is 41.1. The summed E-state index contributed by atoms with van der Waals surface area (Å²) in [5, 5.41) is 0. The van der Waals surface area contributed by atoms with Gasteiger partial charge < -0.3 is 14.2 Å². The third-order valence-electron chi connectivity index (χ3n) is 6.70. The van der Waals surface area contributed by atoms with Crippen LogP contribution in [0.15, 0.2) is 42.5 Å². The Labute approximate surface area is 219 Å². The number of carbonyl (C=O) groups is 3. The molecule has 198 valence electrons. The van der Waals surface area contributed by atoms with Crippen LogP contribution < -0.4 is 9.64 Å². The molecule has 0 saturated heterocycles. The number of hydrogen-bond acceptors (Lipinski definition) is 6. The van der Waals surface area contributed by atoms with Gasteiger partial charge in [0, 0.05) is 23.7 Å². The van der Waals surface area contributed by atoms with Crippen molar-refractivity contribution in [3.8, 4) is 5.75 Å². The molecule has 0 spiro atoms. The number of carbonyl (C=O) groups excluding carboxylic acids is 3. The fourth-order valence-electron chi connectivity index (χ4n) is 5.13. The van der Waals surface area contributed by atoms with E-state index in [1.807, 2.05) is 38.1 Å². The minimum absolute atomic E-state index is 0.0931. The second-order valence-electron chi connectivity index (χ2n) is 10.8. The van der Waals surface area contributed by atoms with Crippen molar-refractivity contribution in [1.82, 2.24) is 0 Å². The highest BCUT2D eigenvalue weighted by Gasteiger charge is 2.54. The van der Waals surface area contributed by atoms with Crippen LogP contribution in [-0.4, -0.2) is 44.7 Å². The fourth-order valence-corrected chi connectivity index (χ4v) is 5.13. The standard InChI is InChI=1S/C30H37NO6/c1-19(2)17-30(28(34)37-8)18-22-20(13-15-26(32)36-7)10-9-11-24(22)31(30)27(33)21-12-14-23(29(3,4)5)25(16-21)35-6/h9-16,19H,17-18H2,1-8H3. The van der Waals surface area contributed by atoms with Crippen LogP contribution in [0, 0.1) is 5.92 Å². The van der Waals surface area contributed by atoms with Gasteiger partial charge in [0.2, 0.25) is 0 Å². The Morgan fingerprint density at radius 2 is 1.76 bits per heavy atom. The molecule has 7 heteroatoms. The van der Waals surface area contributed by atoms with Crippen LogP contribution >= 0.6 is 0 Å². The summed E-state index contributed by atoms with van der Waals surface area (Å²) in [6.45, 7) is 10.3. The van der Waals surface area contributed by atoms with Crippen LogP contribution in [0.3, 0.4) is 0 Å².